The third-order valence-corrected chi connectivity index (χ3v) is 4.18. The number of aryl methyl sites for hydroxylation is 1. The van der Waals surface area contributed by atoms with Crippen LogP contribution in [0.1, 0.15) is 21.7 Å². The van der Waals surface area contributed by atoms with Crippen molar-refractivity contribution in [3.63, 3.8) is 0 Å². The molecule has 0 spiro atoms. The predicted molar refractivity (Wildman–Crippen MR) is 97.7 cm³/mol. The fourth-order valence-electron chi connectivity index (χ4n) is 2.74. The molecule has 0 saturated heterocycles. The molecule has 27 heavy (non-hydrogen) atoms. The highest BCUT2D eigenvalue weighted by Crippen LogP contribution is 2.19. The maximum absolute atomic E-state index is 12.8. The van der Waals surface area contributed by atoms with E-state index in [0.29, 0.717) is 23.8 Å². The summed E-state index contributed by atoms with van der Waals surface area (Å²) in [5.41, 5.74) is 8.43. The van der Waals surface area contributed by atoms with Crippen LogP contribution in [0.25, 0.3) is 17.2 Å². The Balaban J connectivity index is 1.64. The van der Waals surface area contributed by atoms with Gasteiger partial charge in [-0.15, -0.1) is 5.10 Å². The van der Waals surface area contributed by atoms with Gasteiger partial charge in [0.15, 0.2) is 11.4 Å². The number of hydrogen-bond acceptors (Lipinski definition) is 7. The molecule has 0 bridgehead atoms. The fourth-order valence-corrected chi connectivity index (χ4v) is 2.74. The lowest BCUT2D eigenvalue weighted by Gasteiger charge is -2.17. The first-order chi connectivity index (χ1) is 13.0. The number of carbonyl (C=O) groups is 1. The summed E-state index contributed by atoms with van der Waals surface area (Å²) in [6, 6.07) is 8.83. The summed E-state index contributed by atoms with van der Waals surface area (Å²) >= 11 is 0. The van der Waals surface area contributed by atoms with Crippen molar-refractivity contribution in [3.05, 3.63) is 59.7 Å². The van der Waals surface area contributed by atoms with Gasteiger partial charge >= 0.3 is 0 Å². The van der Waals surface area contributed by atoms with Crippen LogP contribution in [0, 0.1) is 6.92 Å². The minimum Gasteiger partial charge on any atom is -0.461 e. The summed E-state index contributed by atoms with van der Waals surface area (Å²) in [5, 5.41) is 4.27. The highest BCUT2D eigenvalue weighted by molar-refractivity contribution is 5.93. The molecule has 0 radical (unpaired) electrons. The second kappa shape index (κ2) is 6.52. The van der Waals surface area contributed by atoms with E-state index >= 15 is 0 Å². The van der Waals surface area contributed by atoms with Gasteiger partial charge in [-0.1, -0.05) is 6.07 Å². The van der Waals surface area contributed by atoms with Gasteiger partial charge in [0.1, 0.15) is 5.69 Å². The summed E-state index contributed by atoms with van der Waals surface area (Å²) in [4.78, 5) is 27.2. The highest BCUT2D eigenvalue weighted by Gasteiger charge is 2.19. The zero-order chi connectivity index (χ0) is 19.0. The molecule has 1 amide bonds. The summed E-state index contributed by atoms with van der Waals surface area (Å²) in [5.74, 6) is 0.690. The van der Waals surface area contributed by atoms with Crippen molar-refractivity contribution < 1.29 is 9.21 Å². The third-order valence-electron chi connectivity index (χ3n) is 4.18. The SMILES string of the molecule is Cc1ncccc1CN(C)C(=O)c1cc2nc(-c3ccco3)nn2c(N)n1. The molecule has 0 atom stereocenters. The number of amides is 1. The number of fused-ring (bicyclic) bond motifs is 1. The molecule has 0 aliphatic heterocycles. The summed E-state index contributed by atoms with van der Waals surface area (Å²) in [6.45, 7) is 2.32. The molecule has 0 aliphatic carbocycles. The van der Waals surface area contributed by atoms with Gasteiger partial charge in [0.25, 0.3) is 5.91 Å². The molecule has 136 valence electrons. The largest absolute Gasteiger partial charge is 0.461 e. The van der Waals surface area contributed by atoms with E-state index in [0.717, 1.165) is 11.3 Å². The van der Waals surface area contributed by atoms with Gasteiger partial charge in [0.05, 0.1) is 6.26 Å². The summed E-state index contributed by atoms with van der Waals surface area (Å²) in [6.07, 6.45) is 3.26. The monoisotopic (exact) mass is 363 g/mol. The minimum atomic E-state index is -0.269. The quantitative estimate of drug-likeness (QED) is 0.589. The predicted octanol–water partition coefficient (Wildman–Crippen LogP) is 1.94. The van der Waals surface area contributed by atoms with Crippen molar-refractivity contribution in [1.82, 2.24) is 29.5 Å². The Kier molecular flexibility index (Phi) is 4.03. The number of rotatable bonds is 4. The second-order valence-corrected chi connectivity index (χ2v) is 6.09. The van der Waals surface area contributed by atoms with E-state index in [4.69, 9.17) is 10.2 Å². The van der Waals surface area contributed by atoms with E-state index in [1.54, 1.807) is 36.3 Å². The van der Waals surface area contributed by atoms with Crippen molar-refractivity contribution in [2.45, 2.75) is 13.5 Å². The molecule has 4 heterocycles. The van der Waals surface area contributed by atoms with Crippen LogP contribution in [-0.2, 0) is 6.54 Å². The van der Waals surface area contributed by atoms with Crippen LogP contribution in [0.4, 0.5) is 5.95 Å². The fraction of sp³-hybridized carbons (Fsp3) is 0.167. The lowest BCUT2D eigenvalue weighted by atomic mass is 10.2. The maximum Gasteiger partial charge on any atom is 0.272 e. The van der Waals surface area contributed by atoms with Crippen LogP contribution in [0.3, 0.4) is 0 Å². The van der Waals surface area contributed by atoms with Gasteiger partial charge < -0.3 is 15.1 Å². The number of anilines is 1. The van der Waals surface area contributed by atoms with Crippen LogP contribution in [0.5, 0.6) is 0 Å². The zero-order valence-electron chi connectivity index (χ0n) is 14.8. The first kappa shape index (κ1) is 16.7. The normalized spacial score (nSPS) is 11.0. The van der Waals surface area contributed by atoms with Gasteiger partial charge in [-0.3, -0.25) is 9.78 Å². The number of aromatic nitrogens is 5. The first-order valence-electron chi connectivity index (χ1n) is 8.26. The smallest absolute Gasteiger partial charge is 0.272 e. The van der Waals surface area contributed by atoms with E-state index in [1.165, 1.54) is 10.8 Å². The maximum atomic E-state index is 12.8. The molecule has 0 aromatic carbocycles. The van der Waals surface area contributed by atoms with Crippen LogP contribution in [0.15, 0.2) is 47.2 Å². The standard InChI is InChI=1S/C18H17N7O2/c1-11-12(5-3-7-20-11)10-24(2)17(26)13-9-15-22-16(14-6-4-8-27-14)23-25(15)18(19)21-13/h3-9H,10H2,1-2H3,(H2,19,21). The van der Waals surface area contributed by atoms with Crippen molar-refractivity contribution in [2.75, 3.05) is 12.8 Å². The molecular weight excluding hydrogens is 346 g/mol. The second-order valence-electron chi connectivity index (χ2n) is 6.09. The van der Waals surface area contributed by atoms with Crippen LogP contribution in [-0.4, -0.2) is 42.4 Å². The van der Waals surface area contributed by atoms with E-state index in [1.807, 2.05) is 19.1 Å². The topological polar surface area (TPSA) is 115 Å². The summed E-state index contributed by atoms with van der Waals surface area (Å²) < 4.78 is 6.68. The van der Waals surface area contributed by atoms with Crippen molar-refractivity contribution >= 4 is 17.5 Å². The Labute approximate surface area is 154 Å². The summed E-state index contributed by atoms with van der Waals surface area (Å²) in [7, 11) is 1.70. The molecule has 9 heteroatoms. The van der Waals surface area contributed by atoms with Crippen molar-refractivity contribution in [2.24, 2.45) is 0 Å². The number of nitrogens with zero attached hydrogens (tertiary/aromatic N) is 6. The molecule has 2 N–H and O–H groups in total. The number of nitrogen functional groups attached to an aromatic ring is 1. The van der Waals surface area contributed by atoms with Gasteiger partial charge in [0.2, 0.25) is 11.8 Å². The average Bonchev–Trinajstić information content (AvgIpc) is 3.32. The Hall–Kier alpha value is -3.75. The van der Waals surface area contributed by atoms with Crippen LogP contribution < -0.4 is 5.73 Å². The van der Waals surface area contributed by atoms with Crippen LogP contribution in [0.2, 0.25) is 0 Å². The first-order valence-corrected chi connectivity index (χ1v) is 8.26. The molecular formula is C18H17N7O2. The van der Waals surface area contributed by atoms with Crippen LogP contribution >= 0.6 is 0 Å². The van der Waals surface area contributed by atoms with Crippen molar-refractivity contribution in [1.29, 1.82) is 0 Å². The number of furan rings is 1. The van der Waals surface area contributed by atoms with Gasteiger partial charge in [-0.2, -0.15) is 4.52 Å². The van der Waals surface area contributed by atoms with E-state index in [-0.39, 0.29) is 17.5 Å². The molecule has 4 aromatic rings. The number of nitrogens with two attached hydrogens (primary N) is 1. The van der Waals surface area contributed by atoms with Gasteiger partial charge in [0, 0.05) is 31.5 Å². The highest BCUT2D eigenvalue weighted by atomic mass is 16.3. The number of pyridine rings is 1. The number of hydrogen-bond donors (Lipinski definition) is 1. The van der Waals surface area contributed by atoms with E-state index in [9.17, 15) is 4.79 Å². The molecule has 4 aromatic heterocycles. The molecule has 0 aliphatic rings. The Morgan fingerprint density at radius 1 is 1.30 bits per heavy atom. The van der Waals surface area contributed by atoms with E-state index < -0.39 is 0 Å². The molecule has 0 fully saturated rings. The molecule has 4 rings (SSSR count). The average molecular weight is 363 g/mol. The van der Waals surface area contributed by atoms with Crippen molar-refractivity contribution in [3.8, 4) is 11.6 Å². The minimum absolute atomic E-state index is 0.0760. The van der Waals surface area contributed by atoms with E-state index in [2.05, 4.69) is 20.1 Å². The lowest BCUT2D eigenvalue weighted by molar-refractivity contribution is 0.0779. The number of carbonyl (C=O) groups excluding carboxylic acids is 1. The Bertz CT molecular complexity index is 1120. The Morgan fingerprint density at radius 3 is 2.89 bits per heavy atom. The Morgan fingerprint density at radius 2 is 2.15 bits per heavy atom. The lowest BCUT2D eigenvalue weighted by Crippen LogP contribution is -2.28. The zero-order valence-corrected chi connectivity index (χ0v) is 14.8. The third kappa shape index (κ3) is 3.10. The molecule has 0 unspecified atom stereocenters. The molecule has 0 saturated carbocycles. The van der Waals surface area contributed by atoms with Gasteiger partial charge in [-0.25, -0.2) is 9.97 Å². The molecule has 9 nitrogen and oxygen atoms in total. The van der Waals surface area contributed by atoms with Gasteiger partial charge in [-0.05, 0) is 30.7 Å².